The Morgan fingerprint density at radius 1 is 1.42 bits per heavy atom. The number of aromatic nitrogens is 2. The summed E-state index contributed by atoms with van der Waals surface area (Å²) in [6.07, 6.45) is 2.72. The number of carbonyl (C=O) groups is 1. The number of benzene rings is 1. The van der Waals surface area contributed by atoms with Gasteiger partial charge >= 0.3 is 0 Å². The van der Waals surface area contributed by atoms with E-state index in [1.807, 2.05) is 53.0 Å². The average molecular weight is 271 g/mol. The topological polar surface area (TPSA) is 37.6 Å². The number of imidazole rings is 1. The number of anilines is 2. The molecule has 3 rings (SSSR count). The second-order valence-electron chi connectivity index (χ2n) is 4.39. The number of hydrogen-bond donors (Lipinski definition) is 0. The summed E-state index contributed by atoms with van der Waals surface area (Å²) in [5.74, 6) is 0.687. The van der Waals surface area contributed by atoms with Gasteiger partial charge in [-0.3, -0.25) is 9.20 Å². The minimum absolute atomic E-state index is 0.584. The first-order valence-electron chi connectivity index (χ1n) is 5.92. The van der Waals surface area contributed by atoms with E-state index in [1.54, 1.807) is 0 Å². The molecule has 19 heavy (non-hydrogen) atoms. The van der Waals surface area contributed by atoms with Crippen molar-refractivity contribution in [2.24, 2.45) is 0 Å². The van der Waals surface area contributed by atoms with Crippen LogP contribution in [0, 0.1) is 6.92 Å². The molecular formula is C14H13N3OS. The van der Waals surface area contributed by atoms with Crippen LogP contribution in [0.25, 0.3) is 4.96 Å². The molecule has 0 radical (unpaired) electrons. The van der Waals surface area contributed by atoms with Gasteiger partial charge in [0.15, 0.2) is 17.1 Å². The van der Waals surface area contributed by atoms with Crippen LogP contribution in [-0.2, 0) is 0 Å². The van der Waals surface area contributed by atoms with Gasteiger partial charge < -0.3 is 4.90 Å². The smallest absolute Gasteiger partial charge is 0.196 e. The SMILES string of the molecule is Cc1cccc(N(C)c2nc3sccn3c2C=O)c1. The van der Waals surface area contributed by atoms with Gasteiger partial charge in [-0.2, -0.15) is 0 Å². The minimum Gasteiger partial charge on any atom is -0.328 e. The zero-order valence-corrected chi connectivity index (χ0v) is 11.5. The maximum Gasteiger partial charge on any atom is 0.196 e. The molecule has 0 aliphatic rings. The van der Waals surface area contributed by atoms with Crippen molar-refractivity contribution in [3.8, 4) is 0 Å². The van der Waals surface area contributed by atoms with Crippen molar-refractivity contribution in [1.29, 1.82) is 0 Å². The Balaban J connectivity index is 2.13. The van der Waals surface area contributed by atoms with Crippen molar-refractivity contribution in [3.05, 3.63) is 47.1 Å². The fraction of sp³-hybridized carbons (Fsp3) is 0.143. The number of aryl methyl sites for hydroxylation is 1. The van der Waals surface area contributed by atoms with Crippen LogP contribution in [0.15, 0.2) is 35.8 Å². The molecule has 0 spiro atoms. The molecule has 4 nitrogen and oxygen atoms in total. The van der Waals surface area contributed by atoms with Crippen LogP contribution in [0.5, 0.6) is 0 Å². The van der Waals surface area contributed by atoms with Crippen LogP contribution in [0.1, 0.15) is 16.1 Å². The highest BCUT2D eigenvalue weighted by Gasteiger charge is 2.17. The standard InChI is InChI=1S/C14H13N3OS/c1-10-4-3-5-11(8-10)16(2)13-12(9-18)17-6-7-19-14(17)15-13/h3-9H,1-2H3. The lowest BCUT2D eigenvalue weighted by Gasteiger charge is -2.17. The molecule has 0 aliphatic heterocycles. The molecule has 0 N–H and O–H groups in total. The minimum atomic E-state index is 0.584. The summed E-state index contributed by atoms with van der Waals surface area (Å²) in [5, 5.41) is 1.92. The fourth-order valence-corrected chi connectivity index (χ4v) is 2.82. The lowest BCUT2D eigenvalue weighted by molar-refractivity contribution is 0.111. The van der Waals surface area contributed by atoms with Gasteiger partial charge in [-0.25, -0.2) is 4.98 Å². The molecule has 5 heteroatoms. The largest absolute Gasteiger partial charge is 0.328 e. The van der Waals surface area contributed by atoms with E-state index in [0.717, 1.165) is 16.9 Å². The van der Waals surface area contributed by atoms with Crippen molar-refractivity contribution in [1.82, 2.24) is 9.38 Å². The van der Waals surface area contributed by atoms with Crippen molar-refractivity contribution < 1.29 is 4.79 Å². The Morgan fingerprint density at radius 3 is 3.00 bits per heavy atom. The molecule has 0 atom stereocenters. The van der Waals surface area contributed by atoms with Gasteiger partial charge in [0.05, 0.1) is 0 Å². The van der Waals surface area contributed by atoms with Gasteiger partial charge in [0.2, 0.25) is 0 Å². The summed E-state index contributed by atoms with van der Waals surface area (Å²) >= 11 is 1.52. The first kappa shape index (κ1) is 11.9. The average Bonchev–Trinajstić information content (AvgIpc) is 2.97. The number of hydrogen-bond acceptors (Lipinski definition) is 4. The highest BCUT2D eigenvalue weighted by molar-refractivity contribution is 7.15. The van der Waals surface area contributed by atoms with E-state index in [2.05, 4.69) is 11.1 Å². The van der Waals surface area contributed by atoms with Crippen molar-refractivity contribution >= 4 is 34.1 Å². The molecule has 0 unspecified atom stereocenters. The van der Waals surface area contributed by atoms with Gasteiger partial charge in [-0.1, -0.05) is 12.1 Å². The Morgan fingerprint density at radius 2 is 2.26 bits per heavy atom. The van der Waals surface area contributed by atoms with E-state index in [0.29, 0.717) is 11.5 Å². The Kier molecular flexibility index (Phi) is 2.83. The molecule has 0 amide bonds. The molecule has 2 aromatic heterocycles. The Bertz CT molecular complexity index is 744. The van der Waals surface area contributed by atoms with Crippen molar-refractivity contribution in [3.63, 3.8) is 0 Å². The quantitative estimate of drug-likeness (QED) is 0.686. The maximum atomic E-state index is 11.3. The van der Waals surface area contributed by atoms with E-state index >= 15 is 0 Å². The van der Waals surface area contributed by atoms with Crippen LogP contribution in [0.3, 0.4) is 0 Å². The maximum absolute atomic E-state index is 11.3. The third-order valence-electron chi connectivity index (χ3n) is 3.10. The monoisotopic (exact) mass is 271 g/mol. The second kappa shape index (κ2) is 4.51. The van der Waals surface area contributed by atoms with Crippen molar-refractivity contribution in [2.75, 3.05) is 11.9 Å². The Hall–Kier alpha value is -2.14. The summed E-state index contributed by atoms with van der Waals surface area (Å²) in [6.45, 7) is 2.05. The molecule has 2 heterocycles. The van der Waals surface area contributed by atoms with Crippen LogP contribution in [0.2, 0.25) is 0 Å². The summed E-state index contributed by atoms with van der Waals surface area (Å²) in [7, 11) is 1.92. The van der Waals surface area contributed by atoms with Gasteiger partial charge in [0, 0.05) is 24.3 Å². The molecule has 3 aromatic rings. The number of thiazole rings is 1. The normalized spacial score (nSPS) is 10.8. The summed E-state index contributed by atoms with van der Waals surface area (Å²) in [5.41, 5.74) is 2.78. The molecule has 0 aliphatic carbocycles. The van der Waals surface area contributed by atoms with Gasteiger partial charge in [-0.15, -0.1) is 11.3 Å². The Labute approximate surface area is 114 Å². The first-order valence-corrected chi connectivity index (χ1v) is 6.80. The highest BCUT2D eigenvalue weighted by atomic mass is 32.1. The number of fused-ring (bicyclic) bond motifs is 1. The second-order valence-corrected chi connectivity index (χ2v) is 5.27. The molecule has 0 bridgehead atoms. The zero-order chi connectivity index (χ0) is 13.4. The molecule has 0 saturated carbocycles. The highest BCUT2D eigenvalue weighted by Crippen LogP contribution is 2.28. The third-order valence-corrected chi connectivity index (χ3v) is 3.85. The lowest BCUT2D eigenvalue weighted by Crippen LogP contribution is -2.12. The summed E-state index contributed by atoms with van der Waals surface area (Å²) < 4.78 is 1.82. The third kappa shape index (κ3) is 1.92. The van der Waals surface area contributed by atoms with E-state index < -0.39 is 0 Å². The molecule has 0 saturated heterocycles. The number of carbonyl (C=O) groups excluding carboxylic acids is 1. The predicted octanol–water partition coefficient (Wildman–Crippen LogP) is 3.28. The fourth-order valence-electron chi connectivity index (χ4n) is 2.11. The number of aldehydes is 1. The zero-order valence-electron chi connectivity index (χ0n) is 10.7. The van der Waals surface area contributed by atoms with Crippen LogP contribution in [0.4, 0.5) is 11.5 Å². The van der Waals surface area contributed by atoms with E-state index in [1.165, 1.54) is 16.9 Å². The summed E-state index contributed by atoms with van der Waals surface area (Å²) in [4.78, 5) is 18.6. The molecule has 0 fully saturated rings. The van der Waals surface area contributed by atoms with E-state index in [-0.39, 0.29) is 0 Å². The van der Waals surface area contributed by atoms with E-state index in [9.17, 15) is 4.79 Å². The van der Waals surface area contributed by atoms with Crippen molar-refractivity contribution in [2.45, 2.75) is 6.92 Å². The molecule has 96 valence electrons. The van der Waals surface area contributed by atoms with Gasteiger partial charge in [-0.05, 0) is 24.6 Å². The van der Waals surface area contributed by atoms with Gasteiger partial charge in [0.1, 0.15) is 5.69 Å². The number of rotatable bonds is 3. The van der Waals surface area contributed by atoms with Crippen LogP contribution in [-0.4, -0.2) is 22.7 Å². The van der Waals surface area contributed by atoms with Gasteiger partial charge in [0.25, 0.3) is 0 Å². The first-order chi connectivity index (χ1) is 9.20. The van der Waals surface area contributed by atoms with Crippen LogP contribution >= 0.6 is 11.3 Å². The lowest BCUT2D eigenvalue weighted by atomic mass is 10.2. The molecular weight excluding hydrogens is 258 g/mol. The predicted molar refractivity (Wildman–Crippen MR) is 77.7 cm³/mol. The number of nitrogens with zero attached hydrogens (tertiary/aromatic N) is 3. The summed E-state index contributed by atoms with van der Waals surface area (Å²) in [6, 6.07) is 8.13. The van der Waals surface area contributed by atoms with E-state index in [4.69, 9.17) is 0 Å². The molecule has 1 aromatic carbocycles. The van der Waals surface area contributed by atoms with Crippen LogP contribution < -0.4 is 4.90 Å².